The van der Waals surface area contributed by atoms with Crippen LogP contribution in [-0.4, -0.2) is 52.8 Å². The number of halogens is 1. The lowest BCUT2D eigenvalue weighted by Crippen LogP contribution is -2.48. The number of nitrogens with zero attached hydrogens (tertiary/aromatic N) is 3. The van der Waals surface area contributed by atoms with E-state index in [0.29, 0.717) is 6.54 Å². The van der Waals surface area contributed by atoms with Gasteiger partial charge in [-0.2, -0.15) is 0 Å². The molecule has 0 saturated carbocycles. The van der Waals surface area contributed by atoms with Crippen LogP contribution in [0.5, 0.6) is 0 Å². The summed E-state index contributed by atoms with van der Waals surface area (Å²) in [6.07, 6.45) is 0. The Bertz CT molecular complexity index is 723. The Morgan fingerprint density at radius 1 is 1.26 bits per heavy atom. The molecular formula is C17H23ClN4O. The Labute approximate surface area is 141 Å². The van der Waals surface area contributed by atoms with Crippen molar-refractivity contribution in [3.05, 3.63) is 57.0 Å². The molecule has 0 aliphatic carbocycles. The van der Waals surface area contributed by atoms with Gasteiger partial charge in [-0.1, -0.05) is 29.8 Å². The van der Waals surface area contributed by atoms with Crippen LogP contribution in [0.2, 0.25) is 5.02 Å². The van der Waals surface area contributed by atoms with Crippen LogP contribution < -0.4 is 5.56 Å². The number of hydrogen-bond donors (Lipinski definition) is 1. The molecule has 3 rings (SSSR count). The Morgan fingerprint density at radius 3 is 2.74 bits per heavy atom. The summed E-state index contributed by atoms with van der Waals surface area (Å²) in [5, 5.41) is 3.91. The van der Waals surface area contributed by atoms with Gasteiger partial charge in [0.05, 0.1) is 6.54 Å². The fourth-order valence-electron chi connectivity index (χ4n) is 3.22. The van der Waals surface area contributed by atoms with Gasteiger partial charge in [0.1, 0.15) is 0 Å². The van der Waals surface area contributed by atoms with E-state index in [2.05, 4.69) is 28.0 Å². The average Bonchev–Trinajstić information content (AvgIpc) is 2.84. The lowest BCUT2D eigenvalue weighted by molar-refractivity contribution is 0.0854. The molecule has 1 N–H and O–H groups in total. The number of hydrogen-bond acceptors (Lipinski definition) is 3. The standard InChI is InChI=1S/C17H23ClN4O/c1-13-11-17(23)22(19-13)10-9-21-8-7-20(2)12-16(21)14-5-3-4-6-15(14)18/h3-6,11,16,19H,7-10,12H2,1-2H3. The molecule has 1 atom stereocenters. The molecule has 1 fully saturated rings. The maximum atomic E-state index is 11.9. The van der Waals surface area contributed by atoms with Crippen LogP contribution in [0, 0.1) is 6.92 Å². The molecule has 0 bridgehead atoms. The van der Waals surface area contributed by atoms with Gasteiger partial charge in [-0.15, -0.1) is 0 Å². The second-order valence-electron chi connectivity index (χ2n) is 6.26. The third kappa shape index (κ3) is 3.68. The minimum absolute atomic E-state index is 0.0333. The maximum Gasteiger partial charge on any atom is 0.266 e. The van der Waals surface area contributed by atoms with Crippen molar-refractivity contribution in [1.29, 1.82) is 0 Å². The van der Waals surface area contributed by atoms with E-state index in [0.717, 1.165) is 42.5 Å². The number of nitrogens with one attached hydrogen (secondary N) is 1. The van der Waals surface area contributed by atoms with E-state index < -0.39 is 0 Å². The molecule has 1 aliphatic heterocycles. The Morgan fingerprint density at radius 2 is 2.04 bits per heavy atom. The van der Waals surface area contributed by atoms with Gasteiger partial charge in [0.25, 0.3) is 5.56 Å². The zero-order chi connectivity index (χ0) is 16.4. The second kappa shape index (κ2) is 6.91. The van der Waals surface area contributed by atoms with Gasteiger partial charge in [-0.25, -0.2) is 0 Å². The number of aromatic nitrogens is 2. The molecule has 1 saturated heterocycles. The number of aryl methyl sites for hydroxylation is 1. The summed E-state index contributed by atoms with van der Waals surface area (Å²) in [5.41, 5.74) is 2.10. The van der Waals surface area contributed by atoms with Crippen molar-refractivity contribution in [1.82, 2.24) is 19.6 Å². The van der Waals surface area contributed by atoms with Gasteiger partial charge in [-0.3, -0.25) is 19.5 Å². The molecule has 1 aliphatic rings. The highest BCUT2D eigenvalue weighted by molar-refractivity contribution is 6.31. The molecule has 2 heterocycles. The summed E-state index contributed by atoms with van der Waals surface area (Å²) in [5.74, 6) is 0. The van der Waals surface area contributed by atoms with Gasteiger partial charge < -0.3 is 4.90 Å². The van der Waals surface area contributed by atoms with Crippen LogP contribution in [0.4, 0.5) is 0 Å². The predicted molar refractivity (Wildman–Crippen MR) is 93.1 cm³/mol. The average molecular weight is 335 g/mol. The van der Waals surface area contributed by atoms with Gasteiger partial charge in [0.2, 0.25) is 0 Å². The van der Waals surface area contributed by atoms with Crippen LogP contribution in [0.15, 0.2) is 35.1 Å². The fraction of sp³-hybridized carbons (Fsp3) is 0.471. The first kappa shape index (κ1) is 16.3. The molecule has 5 nitrogen and oxygen atoms in total. The normalized spacial score (nSPS) is 20.0. The molecule has 1 unspecified atom stereocenters. The van der Waals surface area contributed by atoms with Crippen LogP contribution >= 0.6 is 11.6 Å². The zero-order valence-electron chi connectivity index (χ0n) is 13.6. The minimum Gasteiger partial charge on any atom is -0.303 e. The smallest absolute Gasteiger partial charge is 0.266 e. The Balaban J connectivity index is 1.77. The van der Waals surface area contributed by atoms with Gasteiger partial charge in [0, 0.05) is 49.0 Å². The summed E-state index contributed by atoms with van der Waals surface area (Å²) < 4.78 is 1.68. The molecule has 0 spiro atoms. The predicted octanol–water partition coefficient (Wildman–Crippen LogP) is 2.13. The van der Waals surface area contributed by atoms with E-state index >= 15 is 0 Å². The molecule has 1 aromatic heterocycles. The summed E-state index contributed by atoms with van der Waals surface area (Å²) >= 11 is 6.41. The van der Waals surface area contributed by atoms with Crippen LogP contribution in [-0.2, 0) is 6.54 Å². The Hall–Kier alpha value is -1.56. The van der Waals surface area contributed by atoms with E-state index in [9.17, 15) is 4.79 Å². The van der Waals surface area contributed by atoms with Crippen molar-refractivity contribution in [2.45, 2.75) is 19.5 Å². The van der Waals surface area contributed by atoms with E-state index in [1.54, 1.807) is 10.7 Å². The van der Waals surface area contributed by atoms with Crippen molar-refractivity contribution >= 4 is 11.6 Å². The van der Waals surface area contributed by atoms with Crippen LogP contribution in [0.3, 0.4) is 0 Å². The third-order valence-electron chi connectivity index (χ3n) is 4.49. The highest BCUT2D eigenvalue weighted by Crippen LogP contribution is 2.30. The van der Waals surface area contributed by atoms with E-state index in [1.165, 1.54) is 0 Å². The molecule has 124 valence electrons. The topological polar surface area (TPSA) is 44.3 Å². The number of H-pyrrole nitrogens is 1. The van der Waals surface area contributed by atoms with E-state index in [-0.39, 0.29) is 11.6 Å². The summed E-state index contributed by atoms with van der Waals surface area (Å²) in [7, 11) is 2.14. The van der Waals surface area contributed by atoms with Crippen molar-refractivity contribution in [2.75, 3.05) is 33.2 Å². The van der Waals surface area contributed by atoms with Crippen molar-refractivity contribution in [3.63, 3.8) is 0 Å². The first-order valence-corrected chi connectivity index (χ1v) is 8.36. The molecule has 23 heavy (non-hydrogen) atoms. The lowest BCUT2D eigenvalue weighted by Gasteiger charge is -2.40. The Kier molecular flexibility index (Phi) is 4.90. The number of likely N-dealkylation sites (N-methyl/N-ethyl adjacent to an activating group) is 1. The molecule has 0 amide bonds. The minimum atomic E-state index is 0.0333. The monoisotopic (exact) mass is 334 g/mol. The van der Waals surface area contributed by atoms with E-state index in [1.807, 2.05) is 25.1 Å². The highest BCUT2D eigenvalue weighted by Gasteiger charge is 2.27. The molecule has 0 radical (unpaired) electrons. The molecular weight excluding hydrogens is 312 g/mol. The van der Waals surface area contributed by atoms with Gasteiger partial charge in [0.15, 0.2) is 0 Å². The first-order chi connectivity index (χ1) is 11.0. The molecule has 2 aromatic rings. The lowest BCUT2D eigenvalue weighted by atomic mass is 10.0. The summed E-state index contributed by atoms with van der Waals surface area (Å²) in [4.78, 5) is 16.6. The van der Waals surface area contributed by atoms with Gasteiger partial charge in [-0.05, 0) is 25.6 Å². The zero-order valence-corrected chi connectivity index (χ0v) is 14.4. The third-order valence-corrected chi connectivity index (χ3v) is 4.83. The highest BCUT2D eigenvalue weighted by atomic mass is 35.5. The van der Waals surface area contributed by atoms with Crippen LogP contribution in [0.1, 0.15) is 17.3 Å². The number of benzene rings is 1. The SMILES string of the molecule is Cc1cc(=O)n(CCN2CCN(C)CC2c2ccccc2Cl)[nH]1. The van der Waals surface area contributed by atoms with Gasteiger partial charge >= 0.3 is 0 Å². The summed E-state index contributed by atoms with van der Waals surface area (Å²) in [6, 6.07) is 9.94. The molecule has 1 aromatic carbocycles. The quantitative estimate of drug-likeness (QED) is 0.931. The van der Waals surface area contributed by atoms with Crippen molar-refractivity contribution in [3.8, 4) is 0 Å². The number of aromatic amines is 1. The maximum absolute atomic E-state index is 11.9. The first-order valence-electron chi connectivity index (χ1n) is 7.98. The summed E-state index contributed by atoms with van der Waals surface area (Å²) in [6.45, 7) is 6.34. The van der Waals surface area contributed by atoms with Crippen LogP contribution in [0.25, 0.3) is 0 Å². The second-order valence-corrected chi connectivity index (χ2v) is 6.67. The fourth-order valence-corrected chi connectivity index (χ4v) is 3.48. The number of rotatable bonds is 4. The molecule has 6 heteroatoms. The largest absolute Gasteiger partial charge is 0.303 e. The van der Waals surface area contributed by atoms with E-state index in [4.69, 9.17) is 11.6 Å². The van der Waals surface area contributed by atoms with Crippen molar-refractivity contribution in [2.24, 2.45) is 0 Å². The number of piperazine rings is 1. The van der Waals surface area contributed by atoms with Crippen molar-refractivity contribution < 1.29 is 0 Å².